The van der Waals surface area contributed by atoms with Crippen LogP contribution in [0.2, 0.25) is 0 Å². The third kappa shape index (κ3) is 5.32. The summed E-state index contributed by atoms with van der Waals surface area (Å²) >= 11 is 1.85. The summed E-state index contributed by atoms with van der Waals surface area (Å²) < 4.78 is 6.17. The fraction of sp³-hybridized carbons (Fsp3) is 0.938. The number of thioether (sulfide) groups is 1. The Hall–Kier alpha value is -0.460. The number of nitrogens with one attached hydrogen (secondary N) is 2. The molecule has 2 rings (SSSR count). The first-order valence-corrected chi connectivity index (χ1v) is 9.69. The lowest BCUT2D eigenvalue weighted by molar-refractivity contribution is -0.0453. The Labute approximate surface area is 139 Å². The number of guanidine groups is 1. The van der Waals surface area contributed by atoms with Gasteiger partial charge in [-0.25, -0.2) is 0 Å². The van der Waals surface area contributed by atoms with Crippen LogP contribution in [0, 0.1) is 0 Å². The van der Waals surface area contributed by atoms with Gasteiger partial charge >= 0.3 is 0 Å². The normalized spacial score (nSPS) is 26.8. The molecular weight excluding hydrogens is 296 g/mol. The van der Waals surface area contributed by atoms with Crippen molar-refractivity contribution in [3.05, 3.63) is 0 Å². The number of rotatable bonds is 6. The fourth-order valence-electron chi connectivity index (χ4n) is 2.90. The van der Waals surface area contributed by atoms with E-state index in [-0.39, 0.29) is 10.9 Å². The summed E-state index contributed by atoms with van der Waals surface area (Å²) in [5, 5.41) is 6.77. The van der Waals surface area contributed by atoms with E-state index >= 15 is 0 Å². The average Bonchev–Trinajstić information content (AvgIpc) is 2.97. The van der Waals surface area contributed by atoms with Gasteiger partial charge in [-0.15, -0.1) is 0 Å². The number of aliphatic imine (C=N–C) groups is 1. The number of fused-ring (bicyclic) bond motifs is 1. The molecule has 0 spiro atoms. The van der Waals surface area contributed by atoms with E-state index in [1.165, 1.54) is 19.4 Å². The predicted octanol–water partition coefficient (Wildman–Crippen LogP) is 1.55. The zero-order valence-corrected chi connectivity index (χ0v) is 15.3. The molecule has 0 aromatic rings. The molecule has 0 aromatic carbocycles. The van der Waals surface area contributed by atoms with Crippen molar-refractivity contribution in [2.24, 2.45) is 4.99 Å². The Morgan fingerprint density at radius 3 is 2.95 bits per heavy atom. The third-order valence-electron chi connectivity index (χ3n) is 4.47. The zero-order valence-electron chi connectivity index (χ0n) is 14.5. The van der Waals surface area contributed by atoms with Crippen molar-refractivity contribution >= 4 is 17.7 Å². The van der Waals surface area contributed by atoms with E-state index < -0.39 is 0 Å². The van der Waals surface area contributed by atoms with Crippen LogP contribution >= 0.6 is 11.8 Å². The lowest BCUT2D eigenvalue weighted by Gasteiger charge is -2.35. The molecule has 22 heavy (non-hydrogen) atoms. The van der Waals surface area contributed by atoms with Crippen LogP contribution in [-0.2, 0) is 4.74 Å². The molecule has 0 aromatic heterocycles. The smallest absolute Gasteiger partial charge is 0.191 e. The molecule has 128 valence electrons. The van der Waals surface area contributed by atoms with Crippen LogP contribution in [0.25, 0.3) is 0 Å². The minimum atomic E-state index is 0.173. The lowest BCUT2D eigenvalue weighted by atomic mass is 10.2. The van der Waals surface area contributed by atoms with Gasteiger partial charge in [-0.1, -0.05) is 0 Å². The van der Waals surface area contributed by atoms with Crippen molar-refractivity contribution in [3.63, 3.8) is 0 Å². The summed E-state index contributed by atoms with van der Waals surface area (Å²) in [7, 11) is 0. The molecule has 6 heteroatoms. The van der Waals surface area contributed by atoms with Gasteiger partial charge in [-0.3, -0.25) is 9.89 Å². The molecule has 0 saturated carbocycles. The van der Waals surface area contributed by atoms with Gasteiger partial charge in [0.25, 0.3) is 0 Å². The van der Waals surface area contributed by atoms with Gasteiger partial charge in [0.2, 0.25) is 0 Å². The monoisotopic (exact) mass is 328 g/mol. The van der Waals surface area contributed by atoms with E-state index in [1.807, 2.05) is 11.8 Å². The molecule has 2 saturated heterocycles. The van der Waals surface area contributed by atoms with Crippen molar-refractivity contribution < 1.29 is 4.74 Å². The molecule has 2 unspecified atom stereocenters. The molecule has 0 amide bonds. The van der Waals surface area contributed by atoms with E-state index in [0.717, 1.165) is 38.7 Å². The highest BCUT2D eigenvalue weighted by atomic mass is 32.2. The van der Waals surface area contributed by atoms with Gasteiger partial charge in [-0.05, 0) is 46.4 Å². The average molecular weight is 329 g/mol. The van der Waals surface area contributed by atoms with Gasteiger partial charge in [0.15, 0.2) is 5.96 Å². The Morgan fingerprint density at radius 2 is 2.23 bits per heavy atom. The van der Waals surface area contributed by atoms with Crippen LogP contribution < -0.4 is 10.6 Å². The first-order chi connectivity index (χ1) is 10.5. The van der Waals surface area contributed by atoms with Gasteiger partial charge < -0.3 is 15.4 Å². The van der Waals surface area contributed by atoms with Crippen molar-refractivity contribution in [1.82, 2.24) is 15.5 Å². The van der Waals surface area contributed by atoms with Crippen molar-refractivity contribution in [2.75, 3.05) is 45.6 Å². The highest BCUT2D eigenvalue weighted by Gasteiger charge is 2.32. The molecule has 2 fully saturated rings. The Balaban J connectivity index is 1.79. The van der Waals surface area contributed by atoms with Crippen LogP contribution in [-0.4, -0.2) is 73.3 Å². The first-order valence-electron chi connectivity index (χ1n) is 8.47. The van der Waals surface area contributed by atoms with Crippen molar-refractivity contribution in [3.8, 4) is 0 Å². The fourth-order valence-corrected chi connectivity index (χ4v) is 3.09. The van der Waals surface area contributed by atoms with Crippen LogP contribution in [0.15, 0.2) is 4.99 Å². The van der Waals surface area contributed by atoms with Gasteiger partial charge in [0.1, 0.15) is 0 Å². The molecular formula is C16H32N4OS. The van der Waals surface area contributed by atoms with Crippen LogP contribution in [0.1, 0.15) is 33.6 Å². The van der Waals surface area contributed by atoms with Gasteiger partial charge in [0.05, 0.1) is 19.3 Å². The molecule has 2 aliphatic heterocycles. The van der Waals surface area contributed by atoms with E-state index in [1.54, 1.807) is 0 Å². The number of ether oxygens (including phenoxy) is 1. The second kappa shape index (κ2) is 8.41. The molecule has 0 bridgehead atoms. The zero-order chi connectivity index (χ0) is 16.0. The van der Waals surface area contributed by atoms with E-state index in [9.17, 15) is 0 Å². The minimum absolute atomic E-state index is 0.173. The highest BCUT2D eigenvalue weighted by molar-refractivity contribution is 7.99. The maximum Gasteiger partial charge on any atom is 0.191 e. The number of hydrogen-bond acceptors (Lipinski definition) is 4. The summed E-state index contributed by atoms with van der Waals surface area (Å²) in [5.41, 5.74) is 0. The Morgan fingerprint density at radius 1 is 1.41 bits per heavy atom. The number of morpholine rings is 1. The molecule has 5 nitrogen and oxygen atoms in total. The third-order valence-corrected chi connectivity index (χ3v) is 5.71. The molecule has 2 N–H and O–H groups in total. The quantitative estimate of drug-likeness (QED) is 0.572. The van der Waals surface area contributed by atoms with Gasteiger partial charge in [-0.2, -0.15) is 11.8 Å². The molecule has 0 aliphatic carbocycles. The van der Waals surface area contributed by atoms with Crippen LogP contribution in [0.4, 0.5) is 0 Å². The van der Waals surface area contributed by atoms with Gasteiger partial charge in [0, 0.05) is 30.4 Å². The summed E-state index contributed by atoms with van der Waals surface area (Å²) in [6.45, 7) is 12.2. The molecule has 0 radical (unpaired) electrons. The van der Waals surface area contributed by atoms with E-state index in [2.05, 4.69) is 42.6 Å². The summed E-state index contributed by atoms with van der Waals surface area (Å²) in [4.78, 5) is 7.29. The maximum absolute atomic E-state index is 6.00. The largest absolute Gasteiger partial charge is 0.373 e. The van der Waals surface area contributed by atoms with E-state index in [4.69, 9.17) is 9.73 Å². The Bertz CT molecular complexity index is 375. The predicted molar refractivity (Wildman–Crippen MR) is 95.9 cm³/mol. The number of nitrogens with zero attached hydrogens (tertiary/aromatic N) is 2. The van der Waals surface area contributed by atoms with Crippen molar-refractivity contribution in [2.45, 2.75) is 50.5 Å². The molecule has 2 heterocycles. The molecule has 2 aliphatic rings. The second-order valence-electron chi connectivity index (χ2n) is 6.79. The number of hydrogen-bond donors (Lipinski definition) is 2. The topological polar surface area (TPSA) is 48.9 Å². The minimum Gasteiger partial charge on any atom is -0.373 e. The summed E-state index contributed by atoms with van der Waals surface area (Å²) in [6.07, 6.45) is 5.03. The summed E-state index contributed by atoms with van der Waals surface area (Å²) in [5.74, 6) is 0.900. The standard InChI is InChI=1S/C16H32N4OS/c1-5-17-15(19-12-16(2,3)22-4)18-9-14-10-20-8-6-7-13(20)11-21-14/h13-14H,5-12H2,1-4H3,(H2,17,18,19). The van der Waals surface area contributed by atoms with E-state index in [0.29, 0.717) is 6.04 Å². The highest BCUT2D eigenvalue weighted by Crippen LogP contribution is 2.22. The van der Waals surface area contributed by atoms with Crippen LogP contribution in [0.3, 0.4) is 0 Å². The maximum atomic E-state index is 6.00. The second-order valence-corrected chi connectivity index (χ2v) is 8.30. The van der Waals surface area contributed by atoms with Crippen LogP contribution in [0.5, 0.6) is 0 Å². The molecule has 2 atom stereocenters. The SMILES string of the molecule is CCNC(=NCC(C)(C)SC)NCC1CN2CCCC2CO1. The first kappa shape index (κ1) is 17.9. The lowest BCUT2D eigenvalue weighted by Crippen LogP contribution is -2.51. The Kier molecular flexibility index (Phi) is 6.84. The van der Waals surface area contributed by atoms with Crippen molar-refractivity contribution in [1.29, 1.82) is 0 Å². The summed E-state index contributed by atoms with van der Waals surface area (Å²) in [6, 6.07) is 0.667.